The van der Waals surface area contributed by atoms with E-state index in [9.17, 15) is 4.79 Å². The first-order valence-electron chi connectivity index (χ1n) is 6.55. The molecule has 0 N–H and O–H groups in total. The molecular weight excluding hydrogens is 292 g/mol. The number of halogens is 1. The fourth-order valence-electron chi connectivity index (χ4n) is 2.50. The van der Waals surface area contributed by atoms with Gasteiger partial charge in [0.1, 0.15) is 11.9 Å². The van der Waals surface area contributed by atoms with Crippen molar-refractivity contribution in [2.75, 3.05) is 0 Å². The number of rotatable bonds is 3. The number of benzene rings is 1. The molecule has 0 amide bonds. The summed E-state index contributed by atoms with van der Waals surface area (Å²) in [4.78, 5) is 11.6. The molecule has 1 aliphatic carbocycles. The van der Waals surface area contributed by atoms with Gasteiger partial charge in [0.05, 0.1) is 5.56 Å². The van der Waals surface area contributed by atoms with Crippen LogP contribution in [0.4, 0.5) is 0 Å². The Morgan fingerprint density at radius 2 is 2.06 bits per heavy atom. The Morgan fingerprint density at radius 1 is 1.33 bits per heavy atom. The van der Waals surface area contributed by atoms with Crippen LogP contribution in [0.2, 0.25) is 0 Å². The SMILES string of the molecule is CC(=O)c1ccc(Br)cc1OC1CCCCC1C. The molecule has 0 aromatic heterocycles. The molecule has 1 aliphatic rings. The van der Waals surface area contributed by atoms with E-state index in [0.717, 1.165) is 16.6 Å². The molecule has 1 aromatic carbocycles. The van der Waals surface area contributed by atoms with E-state index < -0.39 is 0 Å². The molecule has 1 fully saturated rings. The van der Waals surface area contributed by atoms with Crippen LogP contribution in [0.15, 0.2) is 22.7 Å². The maximum Gasteiger partial charge on any atom is 0.163 e. The average Bonchev–Trinajstić information content (AvgIpc) is 2.32. The molecule has 0 heterocycles. The minimum absolute atomic E-state index is 0.0564. The van der Waals surface area contributed by atoms with Crippen LogP contribution in [0.5, 0.6) is 5.75 Å². The van der Waals surface area contributed by atoms with E-state index in [1.807, 2.05) is 18.2 Å². The van der Waals surface area contributed by atoms with Crippen molar-refractivity contribution in [1.82, 2.24) is 0 Å². The van der Waals surface area contributed by atoms with Crippen molar-refractivity contribution in [3.8, 4) is 5.75 Å². The van der Waals surface area contributed by atoms with Gasteiger partial charge in [-0.25, -0.2) is 0 Å². The van der Waals surface area contributed by atoms with Gasteiger partial charge in [-0.05, 0) is 50.3 Å². The number of ketones is 1. The third-order valence-corrected chi connectivity index (χ3v) is 4.13. The topological polar surface area (TPSA) is 26.3 Å². The maximum absolute atomic E-state index is 11.6. The molecule has 2 nitrogen and oxygen atoms in total. The lowest BCUT2D eigenvalue weighted by atomic mass is 9.88. The first-order valence-corrected chi connectivity index (χ1v) is 7.34. The molecule has 0 spiro atoms. The highest BCUT2D eigenvalue weighted by Gasteiger charge is 2.24. The zero-order valence-corrected chi connectivity index (χ0v) is 12.5. The van der Waals surface area contributed by atoms with Crippen molar-refractivity contribution >= 4 is 21.7 Å². The normalized spacial score (nSPS) is 23.7. The van der Waals surface area contributed by atoms with Crippen LogP contribution in [0.1, 0.15) is 49.9 Å². The second-order valence-electron chi connectivity index (χ2n) is 5.11. The summed E-state index contributed by atoms with van der Waals surface area (Å²) in [6.45, 7) is 3.82. The molecule has 0 radical (unpaired) electrons. The molecule has 0 bridgehead atoms. The van der Waals surface area contributed by atoms with Gasteiger partial charge in [-0.1, -0.05) is 29.3 Å². The van der Waals surface area contributed by atoms with Crippen LogP contribution in [0.3, 0.4) is 0 Å². The summed E-state index contributed by atoms with van der Waals surface area (Å²) in [6.07, 6.45) is 5.06. The third kappa shape index (κ3) is 3.14. The summed E-state index contributed by atoms with van der Waals surface area (Å²) in [6, 6.07) is 5.61. The molecular formula is C15H19BrO2. The molecule has 0 aliphatic heterocycles. The van der Waals surface area contributed by atoms with Crippen molar-refractivity contribution < 1.29 is 9.53 Å². The lowest BCUT2D eigenvalue weighted by Gasteiger charge is -2.30. The van der Waals surface area contributed by atoms with Crippen LogP contribution in [0.25, 0.3) is 0 Å². The summed E-state index contributed by atoms with van der Waals surface area (Å²) in [5.41, 5.74) is 0.677. The number of carbonyl (C=O) groups is 1. The van der Waals surface area contributed by atoms with Crippen molar-refractivity contribution in [1.29, 1.82) is 0 Å². The summed E-state index contributed by atoms with van der Waals surface area (Å²) in [5.74, 6) is 1.34. The number of carbonyl (C=O) groups excluding carboxylic acids is 1. The van der Waals surface area contributed by atoms with Crippen LogP contribution < -0.4 is 4.74 Å². The van der Waals surface area contributed by atoms with Gasteiger partial charge < -0.3 is 4.74 Å². The van der Waals surface area contributed by atoms with Crippen molar-refractivity contribution in [2.45, 2.75) is 45.6 Å². The van der Waals surface area contributed by atoms with Crippen molar-refractivity contribution in [2.24, 2.45) is 5.92 Å². The van der Waals surface area contributed by atoms with Gasteiger partial charge in [0.15, 0.2) is 5.78 Å². The molecule has 1 aromatic rings. The number of hydrogen-bond acceptors (Lipinski definition) is 2. The quantitative estimate of drug-likeness (QED) is 0.762. The smallest absolute Gasteiger partial charge is 0.163 e. The monoisotopic (exact) mass is 310 g/mol. The Kier molecular flexibility index (Phi) is 4.44. The zero-order chi connectivity index (χ0) is 13.1. The Hall–Kier alpha value is -0.830. The lowest BCUT2D eigenvalue weighted by Crippen LogP contribution is -2.28. The number of Topliss-reactive ketones (excluding diaryl/α,β-unsaturated/α-hetero) is 1. The van der Waals surface area contributed by atoms with E-state index in [1.165, 1.54) is 19.3 Å². The lowest BCUT2D eigenvalue weighted by molar-refractivity contribution is 0.0941. The fraction of sp³-hybridized carbons (Fsp3) is 0.533. The van der Waals surface area contributed by atoms with E-state index >= 15 is 0 Å². The van der Waals surface area contributed by atoms with E-state index in [-0.39, 0.29) is 11.9 Å². The number of ether oxygens (including phenoxy) is 1. The molecule has 1 saturated carbocycles. The van der Waals surface area contributed by atoms with E-state index in [2.05, 4.69) is 22.9 Å². The predicted octanol–water partition coefficient (Wildman–Crippen LogP) is 4.61. The Bertz CT molecular complexity index is 442. The Labute approximate surface area is 117 Å². The fourth-order valence-corrected chi connectivity index (χ4v) is 2.85. The molecule has 2 unspecified atom stereocenters. The largest absolute Gasteiger partial charge is 0.489 e. The van der Waals surface area contributed by atoms with E-state index in [1.54, 1.807) is 6.92 Å². The average molecular weight is 311 g/mol. The maximum atomic E-state index is 11.6. The highest BCUT2D eigenvalue weighted by Crippen LogP contribution is 2.31. The van der Waals surface area contributed by atoms with Gasteiger partial charge in [-0.2, -0.15) is 0 Å². The molecule has 0 saturated heterocycles. The molecule has 2 rings (SSSR count). The van der Waals surface area contributed by atoms with Gasteiger partial charge in [0.2, 0.25) is 0 Å². The zero-order valence-electron chi connectivity index (χ0n) is 10.9. The van der Waals surface area contributed by atoms with Gasteiger partial charge in [-0.3, -0.25) is 4.79 Å². The standard InChI is InChI=1S/C15H19BrO2/c1-10-5-3-4-6-14(10)18-15-9-12(16)7-8-13(15)11(2)17/h7-10,14H,3-6H2,1-2H3. The second-order valence-corrected chi connectivity index (χ2v) is 6.03. The highest BCUT2D eigenvalue weighted by molar-refractivity contribution is 9.10. The van der Waals surface area contributed by atoms with Crippen molar-refractivity contribution in [3.63, 3.8) is 0 Å². The summed E-state index contributed by atoms with van der Waals surface area (Å²) in [7, 11) is 0. The Balaban J connectivity index is 2.21. The first-order chi connectivity index (χ1) is 8.58. The van der Waals surface area contributed by atoms with Crippen LogP contribution in [0, 0.1) is 5.92 Å². The highest BCUT2D eigenvalue weighted by atomic mass is 79.9. The minimum Gasteiger partial charge on any atom is -0.489 e. The summed E-state index contributed by atoms with van der Waals surface area (Å²) >= 11 is 3.43. The van der Waals surface area contributed by atoms with E-state index in [0.29, 0.717) is 11.5 Å². The molecule has 2 atom stereocenters. The van der Waals surface area contributed by atoms with Gasteiger partial charge in [0.25, 0.3) is 0 Å². The number of hydrogen-bond donors (Lipinski definition) is 0. The molecule has 3 heteroatoms. The Morgan fingerprint density at radius 3 is 2.72 bits per heavy atom. The minimum atomic E-state index is 0.0564. The van der Waals surface area contributed by atoms with Crippen LogP contribution in [-0.4, -0.2) is 11.9 Å². The summed E-state index contributed by atoms with van der Waals surface area (Å²) < 4.78 is 7.04. The van der Waals surface area contributed by atoms with E-state index in [4.69, 9.17) is 4.74 Å². The van der Waals surface area contributed by atoms with Crippen LogP contribution in [-0.2, 0) is 0 Å². The van der Waals surface area contributed by atoms with Crippen LogP contribution >= 0.6 is 15.9 Å². The molecule has 18 heavy (non-hydrogen) atoms. The van der Waals surface area contributed by atoms with Crippen molar-refractivity contribution in [3.05, 3.63) is 28.2 Å². The van der Waals surface area contributed by atoms with Gasteiger partial charge in [0, 0.05) is 4.47 Å². The predicted molar refractivity (Wildman–Crippen MR) is 76.2 cm³/mol. The summed E-state index contributed by atoms with van der Waals surface area (Å²) in [5, 5.41) is 0. The van der Waals surface area contributed by atoms with Gasteiger partial charge >= 0.3 is 0 Å². The third-order valence-electron chi connectivity index (χ3n) is 3.63. The molecule has 98 valence electrons. The first kappa shape index (κ1) is 13.6. The second kappa shape index (κ2) is 5.87. The van der Waals surface area contributed by atoms with Gasteiger partial charge in [-0.15, -0.1) is 0 Å².